The van der Waals surface area contributed by atoms with Gasteiger partial charge in [0, 0.05) is 10.5 Å². The zero-order valence-electron chi connectivity index (χ0n) is 11.9. The number of ether oxygens (including phenoxy) is 1. The summed E-state index contributed by atoms with van der Waals surface area (Å²) in [7, 11) is 0. The van der Waals surface area contributed by atoms with Crippen LogP contribution in [0.5, 0.6) is 11.5 Å². The Hall–Kier alpha value is -1.32. The second-order valence-electron chi connectivity index (χ2n) is 5.03. The zero-order valence-corrected chi connectivity index (χ0v) is 13.5. The summed E-state index contributed by atoms with van der Waals surface area (Å²) in [5, 5.41) is 0. The fourth-order valence-electron chi connectivity index (χ4n) is 1.99. The molecule has 2 aromatic carbocycles. The first-order valence-electron chi connectivity index (χ1n) is 6.87. The lowest BCUT2D eigenvalue weighted by Gasteiger charge is -2.11. The van der Waals surface area contributed by atoms with Crippen molar-refractivity contribution >= 4 is 15.9 Å². The molecule has 2 N–H and O–H groups in total. The van der Waals surface area contributed by atoms with Gasteiger partial charge in [0.05, 0.1) is 0 Å². The molecule has 0 amide bonds. The lowest BCUT2D eigenvalue weighted by atomic mass is 10.0. The minimum atomic E-state index is 0.232. The Bertz CT molecular complexity index is 566. The van der Waals surface area contributed by atoms with E-state index in [0.717, 1.165) is 34.4 Å². The van der Waals surface area contributed by atoms with Gasteiger partial charge in [-0.15, -0.1) is 0 Å². The molecule has 0 saturated carbocycles. The molecular weight excluding hydrogens is 314 g/mol. The Balaban J connectivity index is 2.07. The van der Waals surface area contributed by atoms with Crippen LogP contribution in [0, 0.1) is 6.92 Å². The van der Waals surface area contributed by atoms with Gasteiger partial charge >= 0.3 is 0 Å². The number of aryl methyl sites for hydroxylation is 1. The van der Waals surface area contributed by atoms with Gasteiger partial charge in [0.15, 0.2) is 0 Å². The van der Waals surface area contributed by atoms with Gasteiger partial charge in [-0.2, -0.15) is 0 Å². The predicted octanol–water partition coefficient (Wildman–Crippen LogP) is 4.83. The maximum absolute atomic E-state index is 5.96. The molecule has 0 bridgehead atoms. The standard InChI is InChI=1S/C17H20BrNO/c1-3-15(19)11-13-4-7-16(8-5-13)20-17-9-6-14(18)10-12(17)2/h4-10,15H,3,11,19H2,1-2H3. The topological polar surface area (TPSA) is 35.2 Å². The highest BCUT2D eigenvalue weighted by atomic mass is 79.9. The number of nitrogens with two attached hydrogens (primary N) is 1. The van der Waals surface area contributed by atoms with Crippen LogP contribution in [-0.2, 0) is 6.42 Å². The van der Waals surface area contributed by atoms with Gasteiger partial charge in [-0.05, 0) is 61.2 Å². The molecular formula is C17H20BrNO. The molecule has 0 fully saturated rings. The summed E-state index contributed by atoms with van der Waals surface area (Å²) in [5.74, 6) is 1.73. The maximum atomic E-state index is 5.96. The Kier molecular flexibility index (Phi) is 5.21. The van der Waals surface area contributed by atoms with Gasteiger partial charge in [-0.3, -0.25) is 0 Å². The van der Waals surface area contributed by atoms with Gasteiger partial charge in [-0.25, -0.2) is 0 Å². The third-order valence-electron chi connectivity index (χ3n) is 3.31. The molecule has 2 aromatic rings. The highest BCUT2D eigenvalue weighted by Gasteiger charge is 2.04. The summed E-state index contributed by atoms with van der Waals surface area (Å²) in [6.07, 6.45) is 1.91. The zero-order chi connectivity index (χ0) is 14.5. The van der Waals surface area contributed by atoms with E-state index in [0.29, 0.717) is 0 Å². The fraction of sp³-hybridized carbons (Fsp3) is 0.294. The fourth-order valence-corrected chi connectivity index (χ4v) is 2.47. The van der Waals surface area contributed by atoms with Gasteiger partial charge in [0.1, 0.15) is 11.5 Å². The largest absolute Gasteiger partial charge is 0.457 e. The van der Waals surface area contributed by atoms with Crippen LogP contribution in [0.25, 0.3) is 0 Å². The molecule has 1 atom stereocenters. The van der Waals surface area contributed by atoms with E-state index >= 15 is 0 Å². The van der Waals surface area contributed by atoms with E-state index in [9.17, 15) is 0 Å². The van der Waals surface area contributed by atoms with Gasteiger partial charge in [0.25, 0.3) is 0 Å². The SMILES string of the molecule is CCC(N)Cc1ccc(Oc2ccc(Br)cc2C)cc1. The molecule has 1 unspecified atom stereocenters. The Morgan fingerprint density at radius 3 is 2.45 bits per heavy atom. The lowest BCUT2D eigenvalue weighted by molar-refractivity contribution is 0.478. The first-order chi connectivity index (χ1) is 9.58. The molecule has 0 aliphatic rings. The summed E-state index contributed by atoms with van der Waals surface area (Å²) in [6.45, 7) is 4.15. The summed E-state index contributed by atoms with van der Waals surface area (Å²) in [4.78, 5) is 0. The van der Waals surface area contributed by atoms with Crippen molar-refractivity contribution < 1.29 is 4.74 Å². The van der Waals surface area contributed by atoms with Crippen LogP contribution in [0.15, 0.2) is 46.9 Å². The van der Waals surface area contributed by atoms with Crippen LogP contribution in [0.4, 0.5) is 0 Å². The third-order valence-corrected chi connectivity index (χ3v) is 3.80. The van der Waals surface area contributed by atoms with Crippen molar-refractivity contribution in [1.82, 2.24) is 0 Å². The van der Waals surface area contributed by atoms with Crippen molar-refractivity contribution in [2.75, 3.05) is 0 Å². The molecule has 20 heavy (non-hydrogen) atoms. The van der Waals surface area contributed by atoms with Crippen LogP contribution < -0.4 is 10.5 Å². The molecule has 0 radical (unpaired) electrons. The lowest BCUT2D eigenvalue weighted by Crippen LogP contribution is -2.21. The highest BCUT2D eigenvalue weighted by Crippen LogP contribution is 2.27. The molecule has 0 heterocycles. The summed E-state index contributed by atoms with van der Waals surface area (Å²) >= 11 is 3.45. The second-order valence-corrected chi connectivity index (χ2v) is 5.94. The molecule has 0 aliphatic carbocycles. The van der Waals surface area contributed by atoms with E-state index in [1.54, 1.807) is 0 Å². The van der Waals surface area contributed by atoms with E-state index in [1.165, 1.54) is 5.56 Å². The van der Waals surface area contributed by atoms with Crippen molar-refractivity contribution in [3.63, 3.8) is 0 Å². The summed E-state index contributed by atoms with van der Waals surface area (Å²) in [5.41, 5.74) is 8.32. The molecule has 2 nitrogen and oxygen atoms in total. The third kappa shape index (κ3) is 4.09. The summed E-state index contributed by atoms with van der Waals surface area (Å²) < 4.78 is 6.96. The van der Waals surface area contributed by atoms with Crippen molar-refractivity contribution in [3.05, 3.63) is 58.1 Å². The van der Waals surface area contributed by atoms with E-state index < -0.39 is 0 Å². The molecule has 0 saturated heterocycles. The van der Waals surface area contributed by atoms with Crippen LogP contribution >= 0.6 is 15.9 Å². The molecule has 0 aliphatic heterocycles. The molecule has 3 heteroatoms. The number of halogens is 1. The summed E-state index contributed by atoms with van der Waals surface area (Å²) in [6, 6.07) is 14.4. The minimum Gasteiger partial charge on any atom is -0.457 e. The smallest absolute Gasteiger partial charge is 0.130 e. The van der Waals surface area contributed by atoms with Gasteiger partial charge in [-0.1, -0.05) is 35.0 Å². The average molecular weight is 334 g/mol. The van der Waals surface area contributed by atoms with E-state index in [4.69, 9.17) is 10.5 Å². The van der Waals surface area contributed by atoms with Crippen molar-refractivity contribution in [1.29, 1.82) is 0 Å². The molecule has 106 valence electrons. The second kappa shape index (κ2) is 6.91. The normalized spacial score (nSPS) is 12.2. The van der Waals surface area contributed by atoms with E-state index in [1.807, 2.05) is 37.3 Å². The van der Waals surface area contributed by atoms with Gasteiger partial charge < -0.3 is 10.5 Å². The van der Waals surface area contributed by atoms with E-state index in [-0.39, 0.29) is 6.04 Å². The monoisotopic (exact) mass is 333 g/mol. The van der Waals surface area contributed by atoms with Crippen LogP contribution in [-0.4, -0.2) is 6.04 Å². The number of hydrogen-bond acceptors (Lipinski definition) is 2. The number of rotatable bonds is 5. The Labute approximate surface area is 129 Å². The van der Waals surface area contributed by atoms with Crippen LogP contribution in [0.2, 0.25) is 0 Å². The Morgan fingerprint density at radius 1 is 1.15 bits per heavy atom. The predicted molar refractivity (Wildman–Crippen MR) is 87.4 cm³/mol. The molecule has 0 aromatic heterocycles. The number of benzene rings is 2. The maximum Gasteiger partial charge on any atom is 0.130 e. The van der Waals surface area contributed by atoms with Crippen molar-refractivity contribution in [2.45, 2.75) is 32.7 Å². The van der Waals surface area contributed by atoms with Crippen molar-refractivity contribution in [2.24, 2.45) is 5.73 Å². The average Bonchev–Trinajstić information content (AvgIpc) is 2.44. The number of hydrogen-bond donors (Lipinski definition) is 1. The quantitative estimate of drug-likeness (QED) is 0.850. The molecule has 2 rings (SSSR count). The molecule has 0 spiro atoms. The van der Waals surface area contributed by atoms with E-state index in [2.05, 4.69) is 35.0 Å². The highest BCUT2D eigenvalue weighted by molar-refractivity contribution is 9.10. The minimum absolute atomic E-state index is 0.232. The first kappa shape index (κ1) is 15.1. The Morgan fingerprint density at radius 2 is 1.85 bits per heavy atom. The van der Waals surface area contributed by atoms with Crippen LogP contribution in [0.1, 0.15) is 24.5 Å². The van der Waals surface area contributed by atoms with Gasteiger partial charge in [0.2, 0.25) is 0 Å². The first-order valence-corrected chi connectivity index (χ1v) is 7.66. The van der Waals surface area contributed by atoms with Crippen LogP contribution in [0.3, 0.4) is 0 Å². The van der Waals surface area contributed by atoms with Crippen molar-refractivity contribution in [3.8, 4) is 11.5 Å².